The highest BCUT2D eigenvalue weighted by atomic mass is 32.2. The fourth-order valence-corrected chi connectivity index (χ4v) is 5.43. The molecule has 1 amide bonds. The molecule has 180 valence electrons. The number of benzene rings is 1. The number of carbonyl (C=O) groups excluding carboxylic acids is 1. The van der Waals surface area contributed by atoms with Gasteiger partial charge in [0.2, 0.25) is 15.9 Å². The van der Waals surface area contributed by atoms with Crippen LogP contribution in [0, 0.1) is 6.92 Å². The van der Waals surface area contributed by atoms with Crippen molar-refractivity contribution in [2.75, 3.05) is 32.8 Å². The molecular formula is C23H37N3O5S. The van der Waals surface area contributed by atoms with Crippen molar-refractivity contribution in [3.8, 4) is 0 Å². The first-order chi connectivity index (χ1) is 15.4. The molecule has 0 radical (unpaired) electrons. The number of aryl methyl sites for hydroxylation is 1. The van der Waals surface area contributed by atoms with Gasteiger partial charge in [0.1, 0.15) is 6.10 Å². The van der Waals surface area contributed by atoms with E-state index in [1.165, 1.54) is 19.3 Å². The second-order valence-corrected chi connectivity index (χ2v) is 10.6. The Balaban J connectivity index is 1.39. The number of hydrogen-bond acceptors (Lipinski definition) is 6. The maximum atomic E-state index is 12.4. The lowest BCUT2D eigenvalue weighted by molar-refractivity contribution is -0.128. The van der Waals surface area contributed by atoms with Crippen LogP contribution in [0.3, 0.4) is 0 Å². The van der Waals surface area contributed by atoms with Crippen molar-refractivity contribution >= 4 is 15.9 Å². The Bertz CT molecular complexity index is 825. The molecule has 3 atom stereocenters. The van der Waals surface area contributed by atoms with Crippen LogP contribution in [0.5, 0.6) is 0 Å². The smallest absolute Gasteiger partial charge is 0.240 e. The number of aliphatic hydroxyl groups excluding tert-OH is 1. The Kier molecular flexibility index (Phi) is 9.48. The Morgan fingerprint density at radius 3 is 2.56 bits per heavy atom. The molecule has 2 saturated heterocycles. The zero-order valence-corrected chi connectivity index (χ0v) is 19.8. The molecule has 1 aromatic rings. The van der Waals surface area contributed by atoms with Gasteiger partial charge in [-0.2, -0.15) is 0 Å². The molecule has 1 aromatic carbocycles. The highest BCUT2D eigenvalue weighted by molar-refractivity contribution is 7.89. The van der Waals surface area contributed by atoms with Gasteiger partial charge in [-0.25, -0.2) is 13.1 Å². The molecule has 0 aromatic heterocycles. The Hall–Kier alpha value is -1.52. The van der Waals surface area contributed by atoms with Crippen LogP contribution in [-0.2, 0) is 19.6 Å². The number of ether oxygens (including phenoxy) is 1. The number of nitrogens with one attached hydrogen (secondary N) is 2. The van der Waals surface area contributed by atoms with Crippen molar-refractivity contribution in [3.63, 3.8) is 0 Å². The Labute approximate surface area is 191 Å². The van der Waals surface area contributed by atoms with Crippen LogP contribution in [0.25, 0.3) is 0 Å². The minimum absolute atomic E-state index is 0.00747. The lowest BCUT2D eigenvalue weighted by Crippen LogP contribution is -2.51. The quantitative estimate of drug-likeness (QED) is 0.482. The van der Waals surface area contributed by atoms with Gasteiger partial charge in [0.05, 0.1) is 23.6 Å². The standard InChI is InChI=1S/C23H37N3O5S/c1-18-5-8-20(9-6-18)32(29,30)24-13-11-19-7-10-21(22(17-27)31-19)25-23(28)12-16-26-14-3-2-4-15-26/h5-6,8-9,19,21-22,24,27H,2-4,7,10-17H2,1H3,(H,25,28)/t19-,21-,22+/m0/s1. The highest BCUT2D eigenvalue weighted by Gasteiger charge is 2.32. The van der Waals surface area contributed by atoms with Crippen molar-refractivity contribution in [2.24, 2.45) is 0 Å². The summed E-state index contributed by atoms with van der Waals surface area (Å²) in [5, 5.41) is 12.8. The van der Waals surface area contributed by atoms with Crippen LogP contribution in [-0.4, -0.2) is 75.4 Å². The molecule has 32 heavy (non-hydrogen) atoms. The summed E-state index contributed by atoms with van der Waals surface area (Å²) in [7, 11) is -3.56. The first-order valence-corrected chi connectivity index (χ1v) is 13.2. The molecule has 9 heteroatoms. The summed E-state index contributed by atoms with van der Waals surface area (Å²) in [5.74, 6) is -0.00747. The minimum Gasteiger partial charge on any atom is -0.394 e. The van der Waals surface area contributed by atoms with Crippen molar-refractivity contribution in [1.29, 1.82) is 0 Å². The van der Waals surface area contributed by atoms with Crippen molar-refractivity contribution in [3.05, 3.63) is 29.8 Å². The van der Waals surface area contributed by atoms with Crippen LogP contribution >= 0.6 is 0 Å². The Morgan fingerprint density at radius 1 is 1.16 bits per heavy atom. The molecule has 8 nitrogen and oxygen atoms in total. The molecule has 0 saturated carbocycles. The highest BCUT2D eigenvalue weighted by Crippen LogP contribution is 2.22. The number of sulfonamides is 1. The van der Waals surface area contributed by atoms with Crippen molar-refractivity contribution in [2.45, 2.75) is 75.0 Å². The summed E-state index contributed by atoms with van der Waals surface area (Å²) >= 11 is 0. The predicted molar refractivity (Wildman–Crippen MR) is 123 cm³/mol. The zero-order valence-electron chi connectivity index (χ0n) is 19.0. The van der Waals surface area contributed by atoms with E-state index >= 15 is 0 Å². The number of likely N-dealkylation sites (tertiary alicyclic amines) is 1. The largest absolute Gasteiger partial charge is 0.394 e. The molecule has 0 spiro atoms. The molecule has 0 bridgehead atoms. The number of hydrogen-bond donors (Lipinski definition) is 3. The normalized spacial score (nSPS) is 24.9. The third-order valence-corrected chi connectivity index (χ3v) is 7.81. The van der Waals surface area contributed by atoms with Gasteiger partial charge < -0.3 is 20.1 Å². The van der Waals surface area contributed by atoms with Crippen LogP contribution in [0.15, 0.2) is 29.2 Å². The number of piperidine rings is 1. The average molecular weight is 468 g/mol. The summed E-state index contributed by atoms with van der Waals surface area (Å²) in [5.41, 5.74) is 1.00. The maximum Gasteiger partial charge on any atom is 0.240 e. The van der Waals surface area contributed by atoms with Crippen LogP contribution in [0.4, 0.5) is 0 Å². The summed E-state index contributed by atoms with van der Waals surface area (Å²) in [6, 6.07) is 6.51. The number of amides is 1. The van der Waals surface area contributed by atoms with E-state index in [1.54, 1.807) is 24.3 Å². The lowest BCUT2D eigenvalue weighted by atomic mass is 9.97. The van der Waals surface area contributed by atoms with Gasteiger partial charge in [0, 0.05) is 19.5 Å². The van der Waals surface area contributed by atoms with E-state index < -0.39 is 16.1 Å². The maximum absolute atomic E-state index is 12.4. The zero-order chi connectivity index (χ0) is 23.0. The monoisotopic (exact) mass is 467 g/mol. The van der Waals surface area contributed by atoms with Crippen LogP contribution in [0.1, 0.15) is 50.5 Å². The van der Waals surface area contributed by atoms with Gasteiger partial charge in [-0.3, -0.25) is 4.79 Å². The van der Waals surface area contributed by atoms with E-state index in [-0.39, 0.29) is 36.1 Å². The van der Waals surface area contributed by atoms with E-state index in [0.717, 1.165) is 25.2 Å². The summed E-state index contributed by atoms with van der Waals surface area (Å²) in [6.07, 6.45) is 5.43. The molecule has 2 aliphatic rings. The molecule has 3 rings (SSSR count). The molecule has 0 unspecified atom stereocenters. The summed E-state index contributed by atoms with van der Waals surface area (Å²) in [6.45, 7) is 4.89. The first kappa shape index (κ1) is 25.1. The van der Waals surface area contributed by atoms with Gasteiger partial charge in [-0.15, -0.1) is 0 Å². The molecular weight excluding hydrogens is 430 g/mol. The predicted octanol–water partition coefficient (Wildman–Crippen LogP) is 1.56. The minimum atomic E-state index is -3.56. The fourth-order valence-electron chi connectivity index (χ4n) is 4.39. The number of nitrogens with zero attached hydrogens (tertiary/aromatic N) is 1. The average Bonchev–Trinajstić information content (AvgIpc) is 2.79. The summed E-state index contributed by atoms with van der Waals surface area (Å²) < 4.78 is 33.4. The van der Waals surface area contributed by atoms with E-state index in [2.05, 4.69) is 14.9 Å². The van der Waals surface area contributed by atoms with Gasteiger partial charge >= 0.3 is 0 Å². The second kappa shape index (κ2) is 12.1. The van der Waals surface area contributed by atoms with Crippen LogP contribution in [0.2, 0.25) is 0 Å². The summed E-state index contributed by atoms with van der Waals surface area (Å²) in [4.78, 5) is 15.0. The third-order valence-electron chi connectivity index (χ3n) is 6.34. The lowest BCUT2D eigenvalue weighted by Gasteiger charge is -2.36. The Morgan fingerprint density at radius 2 is 1.88 bits per heavy atom. The SMILES string of the molecule is Cc1ccc(S(=O)(=O)NCC[C@@H]2CC[C@H](NC(=O)CCN3CCCCC3)[C@@H](CO)O2)cc1. The number of carbonyl (C=O) groups is 1. The van der Waals surface area contributed by atoms with E-state index in [9.17, 15) is 18.3 Å². The topological polar surface area (TPSA) is 108 Å². The number of rotatable bonds is 10. The molecule has 2 fully saturated rings. The van der Waals surface area contributed by atoms with Gasteiger partial charge in [-0.05, 0) is 64.3 Å². The first-order valence-electron chi connectivity index (χ1n) is 11.7. The molecule has 0 aliphatic carbocycles. The van der Waals surface area contributed by atoms with Crippen molar-refractivity contribution < 1.29 is 23.1 Å². The third kappa shape index (κ3) is 7.52. The second-order valence-electron chi connectivity index (χ2n) is 8.88. The van der Waals surface area contributed by atoms with Crippen LogP contribution < -0.4 is 10.0 Å². The van der Waals surface area contributed by atoms with Gasteiger partial charge in [-0.1, -0.05) is 24.1 Å². The van der Waals surface area contributed by atoms with Gasteiger partial charge in [0.15, 0.2) is 0 Å². The van der Waals surface area contributed by atoms with E-state index in [0.29, 0.717) is 25.7 Å². The fraction of sp³-hybridized carbons (Fsp3) is 0.696. The van der Waals surface area contributed by atoms with Crippen molar-refractivity contribution in [1.82, 2.24) is 14.9 Å². The molecule has 2 heterocycles. The molecule has 3 N–H and O–H groups in total. The van der Waals surface area contributed by atoms with Gasteiger partial charge in [0.25, 0.3) is 0 Å². The van der Waals surface area contributed by atoms with E-state index in [1.807, 2.05) is 6.92 Å². The number of aliphatic hydroxyl groups is 1. The molecule has 2 aliphatic heterocycles. The van der Waals surface area contributed by atoms with E-state index in [4.69, 9.17) is 4.74 Å².